The van der Waals surface area contributed by atoms with E-state index < -0.39 is 5.25 Å². The number of benzene rings is 2. The van der Waals surface area contributed by atoms with Gasteiger partial charge in [-0.2, -0.15) is 0 Å². The minimum absolute atomic E-state index is 0.0405. The molecule has 0 unspecified atom stereocenters. The molecule has 3 rings (SSSR count). The van der Waals surface area contributed by atoms with Gasteiger partial charge in [0, 0.05) is 5.02 Å². The molecule has 1 fully saturated rings. The molecule has 2 amide bonds. The number of nitrogens with zero attached hydrogens (tertiary/aromatic N) is 1. The molecule has 138 valence electrons. The number of carbonyl (C=O) groups excluding carboxylic acids is 2. The first kappa shape index (κ1) is 19.9. The molecule has 1 aliphatic rings. The lowest BCUT2D eigenvalue weighted by molar-refractivity contribution is -0.117. The highest BCUT2D eigenvalue weighted by molar-refractivity contribution is 8.15. The Morgan fingerprint density at radius 3 is 2.48 bits per heavy atom. The van der Waals surface area contributed by atoms with Crippen LogP contribution in [0.4, 0.5) is 10.5 Å². The fourth-order valence-electron chi connectivity index (χ4n) is 2.63. The van der Waals surface area contributed by atoms with E-state index in [-0.39, 0.29) is 17.8 Å². The van der Waals surface area contributed by atoms with E-state index in [1.165, 1.54) is 0 Å². The molecule has 0 radical (unpaired) electrons. The molecular formula is C19H12Cl3NO3S. The van der Waals surface area contributed by atoms with Crippen LogP contribution >= 0.6 is 46.6 Å². The lowest BCUT2D eigenvalue weighted by Crippen LogP contribution is -2.32. The number of halogens is 3. The third-order valence-electron chi connectivity index (χ3n) is 3.77. The van der Waals surface area contributed by atoms with Gasteiger partial charge in [0.05, 0.1) is 21.0 Å². The minimum atomic E-state index is -0.582. The van der Waals surface area contributed by atoms with Crippen molar-refractivity contribution >= 4 is 63.4 Å². The van der Waals surface area contributed by atoms with Gasteiger partial charge >= 0.3 is 0 Å². The first-order chi connectivity index (χ1) is 12.9. The zero-order chi connectivity index (χ0) is 19.6. The summed E-state index contributed by atoms with van der Waals surface area (Å²) in [4.78, 5) is 26.2. The molecule has 0 saturated carbocycles. The van der Waals surface area contributed by atoms with E-state index >= 15 is 0 Å². The van der Waals surface area contributed by atoms with Crippen molar-refractivity contribution in [2.45, 2.75) is 11.7 Å². The summed E-state index contributed by atoms with van der Waals surface area (Å²) in [6.07, 6.45) is 5.46. The quantitative estimate of drug-likeness (QED) is 0.578. The van der Waals surface area contributed by atoms with Gasteiger partial charge in [0.25, 0.3) is 5.24 Å². The number of terminal acetylenes is 1. The maximum Gasteiger partial charge on any atom is 0.293 e. The maximum absolute atomic E-state index is 12.7. The van der Waals surface area contributed by atoms with E-state index in [4.69, 9.17) is 46.0 Å². The predicted molar refractivity (Wildman–Crippen MR) is 110 cm³/mol. The van der Waals surface area contributed by atoms with Gasteiger partial charge in [-0.1, -0.05) is 58.6 Å². The second kappa shape index (κ2) is 8.45. The first-order valence-electron chi connectivity index (χ1n) is 7.75. The molecule has 8 heteroatoms. The maximum atomic E-state index is 12.7. The van der Waals surface area contributed by atoms with Crippen molar-refractivity contribution in [1.82, 2.24) is 0 Å². The van der Waals surface area contributed by atoms with Crippen LogP contribution < -0.4 is 9.64 Å². The number of ether oxygens (including phenoxy) is 1. The molecule has 1 aliphatic heterocycles. The Kier molecular flexibility index (Phi) is 6.23. The molecule has 4 nitrogen and oxygen atoms in total. The highest BCUT2D eigenvalue weighted by Gasteiger charge is 2.40. The Morgan fingerprint density at radius 1 is 1.15 bits per heavy atom. The van der Waals surface area contributed by atoms with Crippen molar-refractivity contribution < 1.29 is 14.3 Å². The van der Waals surface area contributed by atoms with Crippen LogP contribution in [0.5, 0.6) is 5.75 Å². The van der Waals surface area contributed by atoms with E-state index in [0.717, 1.165) is 16.7 Å². The third-order valence-corrected chi connectivity index (χ3v) is 5.60. The van der Waals surface area contributed by atoms with Crippen LogP contribution in [0.3, 0.4) is 0 Å². The smallest absolute Gasteiger partial charge is 0.293 e. The van der Waals surface area contributed by atoms with E-state index in [9.17, 15) is 9.59 Å². The monoisotopic (exact) mass is 439 g/mol. The van der Waals surface area contributed by atoms with Crippen molar-refractivity contribution in [3.63, 3.8) is 0 Å². The molecule has 0 aliphatic carbocycles. The lowest BCUT2D eigenvalue weighted by atomic mass is 10.1. The van der Waals surface area contributed by atoms with E-state index in [2.05, 4.69) is 5.92 Å². The number of hydrogen-bond donors (Lipinski definition) is 0. The summed E-state index contributed by atoms with van der Waals surface area (Å²) in [6, 6.07) is 9.90. The molecule has 0 spiro atoms. The minimum Gasteiger partial charge on any atom is -0.478 e. The van der Waals surface area contributed by atoms with E-state index in [1.54, 1.807) is 36.4 Å². The Labute approximate surface area is 175 Å². The van der Waals surface area contributed by atoms with Gasteiger partial charge in [0.1, 0.15) is 6.61 Å². The van der Waals surface area contributed by atoms with Crippen LogP contribution in [0.25, 0.3) is 0 Å². The zero-order valence-electron chi connectivity index (χ0n) is 13.7. The summed E-state index contributed by atoms with van der Waals surface area (Å²) in [6.45, 7) is 0.0405. The Hall–Kier alpha value is -1.84. The van der Waals surface area contributed by atoms with Gasteiger partial charge in [0.2, 0.25) is 5.91 Å². The van der Waals surface area contributed by atoms with Gasteiger partial charge in [-0.3, -0.25) is 9.59 Å². The summed E-state index contributed by atoms with van der Waals surface area (Å²) in [5, 5.41) is 0.102. The SMILES string of the molecule is C#CCOc1c(Cl)cc(C[C@@H]2SC(=O)N(c3cccc(Cl)c3)C2=O)cc1Cl. The summed E-state index contributed by atoms with van der Waals surface area (Å²) in [5.74, 6) is 2.32. The molecule has 0 bridgehead atoms. The van der Waals surface area contributed by atoms with Crippen LogP contribution in [0.15, 0.2) is 36.4 Å². The molecule has 0 N–H and O–H groups in total. The molecule has 1 heterocycles. The lowest BCUT2D eigenvalue weighted by Gasteiger charge is -2.15. The summed E-state index contributed by atoms with van der Waals surface area (Å²) < 4.78 is 5.32. The van der Waals surface area contributed by atoms with E-state index in [0.29, 0.717) is 38.5 Å². The Bertz CT molecular complexity index is 934. The fourth-order valence-corrected chi connectivity index (χ4v) is 4.48. The number of thioether (sulfide) groups is 1. The summed E-state index contributed by atoms with van der Waals surface area (Å²) in [5.41, 5.74) is 1.16. The average Bonchev–Trinajstić information content (AvgIpc) is 2.88. The van der Waals surface area contributed by atoms with Crippen molar-refractivity contribution in [2.75, 3.05) is 11.5 Å². The number of anilines is 1. The summed E-state index contributed by atoms with van der Waals surface area (Å²) >= 11 is 19.3. The largest absolute Gasteiger partial charge is 0.478 e. The van der Waals surface area contributed by atoms with Crippen LogP contribution in [0.2, 0.25) is 15.1 Å². The van der Waals surface area contributed by atoms with E-state index in [1.807, 2.05) is 0 Å². The Balaban J connectivity index is 1.80. The van der Waals surface area contributed by atoms with Crippen LogP contribution in [-0.2, 0) is 11.2 Å². The molecule has 1 saturated heterocycles. The summed E-state index contributed by atoms with van der Waals surface area (Å²) in [7, 11) is 0. The van der Waals surface area contributed by atoms with Crippen molar-refractivity contribution in [1.29, 1.82) is 0 Å². The van der Waals surface area contributed by atoms with Crippen molar-refractivity contribution in [3.8, 4) is 18.1 Å². The fraction of sp³-hybridized carbons (Fsp3) is 0.158. The number of rotatable bonds is 5. The van der Waals surface area contributed by atoms with Crippen LogP contribution in [-0.4, -0.2) is 23.0 Å². The molecule has 27 heavy (non-hydrogen) atoms. The normalized spacial score (nSPS) is 16.5. The second-order valence-corrected chi connectivity index (χ2v) is 8.02. The molecule has 1 atom stereocenters. The van der Waals surface area contributed by atoms with Gasteiger partial charge in [-0.05, 0) is 42.3 Å². The number of amides is 2. The highest BCUT2D eigenvalue weighted by atomic mass is 35.5. The topological polar surface area (TPSA) is 46.6 Å². The standard InChI is InChI=1S/C19H12Cl3NO3S/c1-2-6-26-17-14(21)7-11(8-15(17)22)9-16-18(24)23(19(25)27-16)13-5-3-4-12(20)10-13/h1,3-5,7-8,10,16H,6,9H2/t16-/m0/s1. The third kappa shape index (κ3) is 4.36. The van der Waals surface area contributed by atoms with Gasteiger partial charge in [-0.25, -0.2) is 4.90 Å². The van der Waals surface area contributed by atoms with Crippen molar-refractivity contribution in [3.05, 3.63) is 57.0 Å². The number of hydrogen-bond acceptors (Lipinski definition) is 4. The zero-order valence-corrected chi connectivity index (χ0v) is 16.8. The number of imide groups is 1. The van der Waals surface area contributed by atoms with Gasteiger partial charge < -0.3 is 4.74 Å². The molecule has 2 aromatic rings. The average molecular weight is 441 g/mol. The second-order valence-electron chi connectivity index (χ2n) is 5.61. The predicted octanol–water partition coefficient (Wildman–Crippen LogP) is 5.47. The van der Waals surface area contributed by atoms with Crippen LogP contribution in [0, 0.1) is 12.3 Å². The Morgan fingerprint density at radius 2 is 1.85 bits per heavy atom. The molecule has 0 aromatic heterocycles. The van der Waals surface area contributed by atoms with Gasteiger partial charge in [-0.15, -0.1) is 6.42 Å². The molecular weight excluding hydrogens is 429 g/mol. The first-order valence-corrected chi connectivity index (χ1v) is 9.76. The highest BCUT2D eigenvalue weighted by Crippen LogP contribution is 2.38. The van der Waals surface area contributed by atoms with Crippen LogP contribution in [0.1, 0.15) is 5.56 Å². The number of carbonyl (C=O) groups is 2. The van der Waals surface area contributed by atoms with Crippen molar-refractivity contribution in [2.24, 2.45) is 0 Å². The van der Waals surface area contributed by atoms with Gasteiger partial charge in [0.15, 0.2) is 5.75 Å². The molecule has 2 aromatic carbocycles.